The SMILES string of the molecule is COOC1COC(=O)O1. The highest BCUT2D eigenvalue weighted by atomic mass is 17.2. The van der Waals surface area contributed by atoms with Gasteiger partial charge in [0, 0.05) is 0 Å². The molecule has 1 saturated heterocycles. The van der Waals surface area contributed by atoms with E-state index in [-0.39, 0.29) is 6.61 Å². The van der Waals surface area contributed by atoms with E-state index < -0.39 is 12.4 Å². The third kappa shape index (κ3) is 1.55. The van der Waals surface area contributed by atoms with Crippen molar-refractivity contribution in [3.05, 3.63) is 0 Å². The first kappa shape index (κ1) is 6.31. The number of rotatable bonds is 2. The zero-order valence-corrected chi connectivity index (χ0v) is 4.83. The lowest BCUT2D eigenvalue weighted by Crippen LogP contribution is -2.13. The molecule has 0 aromatic heterocycles. The third-order valence-electron chi connectivity index (χ3n) is 0.768. The Labute approximate surface area is 51.4 Å². The lowest BCUT2D eigenvalue weighted by atomic mass is 10.7. The number of hydrogen-bond acceptors (Lipinski definition) is 5. The van der Waals surface area contributed by atoms with Crippen LogP contribution in [0.4, 0.5) is 4.79 Å². The van der Waals surface area contributed by atoms with Gasteiger partial charge in [-0.2, -0.15) is 4.89 Å². The minimum atomic E-state index is -0.725. The van der Waals surface area contributed by atoms with E-state index in [9.17, 15) is 4.79 Å². The Morgan fingerprint density at radius 1 is 1.78 bits per heavy atom. The zero-order chi connectivity index (χ0) is 6.69. The molecule has 1 rings (SSSR count). The van der Waals surface area contributed by atoms with E-state index in [1.165, 1.54) is 7.11 Å². The molecule has 1 unspecified atom stereocenters. The van der Waals surface area contributed by atoms with Gasteiger partial charge < -0.3 is 9.47 Å². The van der Waals surface area contributed by atoms with E-state index in [0.29, 0.717) is 0 Å². The van der Waals surface area contributed by atoms with Gasteiger partial charge >= 0.3 is 6.16 Å². The molecule has 0 radical (unpaired) electrons. The Bertz CT molecular complexity index is 112. The normalized spacial score (nSPS) is 25.4. The number of ether oxygens (including phenoxy) is 2. The van der Waals surface area contributed by atoms with Crippen molar-refractivity contribution in [2.75, 3.05) is 13.7 Å². The molecule has 1 heterocycles. The molecule has 0 amide bonds. The Balaban J connectivity index is 2.22. The molecule has 0 aromatic rings. The van der Waals surface area contributed by atoms with Gasteiger partial charge in [-0.25, -0.2) is 9.68 Å². The van der Waals surface area contributed by atoms with Crippen molar-refractivity contribution in [1.29, 1.82) is 0 Å². The van der Waals surface area contributed by atoms with E-state index in [1.54, 1.807) is 0 Å². The van der Waals surface area contributed by atoms with Crippen LogP contribution in [0.2, 0.25) is 0 Å². The first-order valence-corrected chi connectivity index (χ1v) is 2.36. The van der Waals surface area contributed by atoms with Crippen LogP contribution in [-0.4, -0.2) is 26.2 Å². The van der Waals surface area contributed by atoms with Gasteiger partial charge in [-0.05, 0) is 0 Å². The van der Waals surface area contributed by atoms with E-state index >= 15 is 0 Å². The lowest BCUT2D eigenvalue weighted by Gasteiger charge is -2.01. The summed E-state index contributed by atoms with van der Waals surface area (Å²) >= 11 is 0. The highest BCUT2D eigenvalue weighted by molar-refractivity contribution is 5.61. The minimum absolute atomic E-state index is 0.0900. The second-order valence-corrected chi connectivity index (χ2v) is 1.37. The number of carbonyl (C=O) groups excluding carboxylic acids is 1. The fourth-order valence-corrected chi connectivity index (χ4v) is 0.466. The molecular formula is C4H6O5. The van der Waals surface area contributed by atoms with Gasteiger partial charge in [0.1, 0.15) is 0 Å². The molecule has 0 aliphatic carbocycles. The molecule has 52 valence electrons. The van der Waals surface area contributed by atoms with E-state index in [0.717, 1.165) is 0 Å². The molecule has 1 aliphatic heterocycles. The maximum atomic E-state index is 10.1. The molecule has 0 saturated carbocycles. The maximum absolute atomic E-state index is 10.1. The second kappa shape index (κ2) is 2.65. The van der Waals surface area contributed by atoms with E-state index in [2.05, 4.69) is 19.2 Å². The summed E-state index contributed by atoms with van der Waals surface area (Å²) in [7, 11) is 1.33. The Morgan fingerprint density at radius 2 is 2.56 bits per heavy atom. The summed E-state index contributed by atoms with van der Waals surface area (Å²) in [6, 6.07) is 0. The van der Waals surface area contributed by atoms with Gasteiger partial charge in [0.05, 0.1) is 7.11 Å². The van der Waals surface area contributed by atoms with Crippen molar-refractivity contribution < 1.29 is 24.0 Å². The minimum Gasteiger partial charge on any atom is -0.427 e. The van der Waals surface area contributed by atoms with Crippen molar-refractivity contribution in [3.8, 4) is 0 Å². The quantitative estimate of drug-likeness (QED) is 0.303. The largest absolute Gasteiger partial charge is 0.511 e. The van der Waals surface area contributed by atoms with E-state index in [4.69, 9.17) is 0 Å². The molecule has 5 nitrogen and oxygen atoms in total. The summed E-state index contributed by atoms with van der Waals surface area (Å²) in [5.41, 5.74) is 0. The Hall–Kier alpha value is -0.810. The molecule has 1 aliphatic rings. The number of carbonyl (C=O) groups is 1. The second-order valence-electron chi connectivity index (χ2n) is 1.37. The molecule has 1 fully saturated rings. The van der Waals surface area contributed by atoms with Crippen LogP contribution >= 0.6 is 0 Å². The van der Waals surface area contributed by atoms with Gasteiger partial charge in [0.25, 0.3) is 6.29 Å². The molecule has 9 heavy (non-hydrogen) atoms. The molecular weight excluding hydrogens is 128 g/mol. The highest BCUT2D eigenvalue weighted by Gasteiger charge is 2.25. The predicted molar refractivity (Wildman–Crippen MR) is 24.3 cm³/mol. The van der Waals surface area contributed by atoms with Crippen LogP contribution in [0.5, 0.6) is 0 Å². The third-order valence-corrected chi connectivity index (χ3v) is 0.768. The van der Waals surface area contributed by atoms with Crippen molar-refractivity contribution in [2.24, 2.45) is 0 Å². The van der Waals surface area contributed by atoms with Crippen LogP contribution in [0, 0.1) is 0 Å². The summed E-state index contributed by atoms with van der Waals surface area (Å²) in [5.74, 6) is 0. The van der Waals surface area contributed by atoms with Crippen molar-refractivity contribution in [3.63, 3.8) is 0 Å². The monoisotopic (exact) mass is 134 g/mol. The summed E-state index contributed by atoms with van der Waals surface area (Å²) < 4.78 is 8.75. The molecule has 1 atom stereocenters. The summed E-state index contributed by atoms with van der Waals surface area (Å²) in [6.07, 6.45) is -1.43. The maximum Gasteiger partial charge on any atom is 0.511 e. The average Bonchev–Trinajstić information content (AvgIpc) is 2.17. The number of hydrogen-bond donors (Lipinski definition) is 0. The molecule has 0 bridgehead atoms. The standard InChI is InChI=1S/C4H6O5/c1-6-9-3-2-7-4(5)8-3/h3H,2H2,1H3. The van der Waals surface area contributed by atoms with Gasteiger partial charge in [-0.3, -0.25) is 0 Å². The van der Waals surface area contributed by atoms with Crippen LogP contribution in [0.25, 0.3) is 0 Å². The van der Waals surface area contributed by atoms with Gasteiger partial charge in [-0.15, -0.1) is 0 Å². The fourth-order valence-electron chi connectivity index (χ4n) is 0.466. The number of cyclic esters (lactones) is 2. The average molecular weight is 134 g/mol. The van der Waals surface area contributed by atoms with Crippen LogP contribution in [0.1, 0.15) is 0 Å². The first-order chi connectivity index (χ1) is 4.33. The van der Waals surface area contributed by atoms with Crippen LogP contribution in [0.3, 0.4) is 0 Å². The lowest BCUT2D eigenvalue weighted by molar-refractivity contribution is -0.343. The zero-order valence-electron chi connectivity index (χ0n) is 4.83. The molecule has 0 N–H and O–H groups in total. The van der Waals surface area contributed by atoms with Gasteiger partial charge in [0.2, 0.25) is 0 Å². The smallest absolute Gasteiger partial charge is 0.427 e. The predicted octanol–water partition coefficient (Wildman–Crippen LogP) is 0.0573. The molecule has 0 aromatic carbocycles. The first-order valence-electron chi connectivity index (χ1n) is 2.36. The Morgan fingerprint density at radius 3 is 3.00 bits per heavy atom. The fraction of sp³-hybridized carbons (Fsp3) is 0.750. The van der Waals surface area contributed by atoms with Crippen molar-refractivity contribution in [2.45, 2.75) is 6.29 Å². The van der Waals surface area contributed by atoms with Gasteiger partial charge in [0.15, 0.2) is 6.61 Å². The summed E-state index contributed by atoms with van der Waals surface area (Å²) in [4.78, 5) is 18.8. The van der Waals surface area contributed by atoms with Crippen LogP contribution in [0.15, 0.2) is 0 Å². The molecule has 0 spiro atoms. The topological polar surface area (TPSA) is 54.0 Å². The summed E-state index contributed by atoms with van der Waals surface area (Å²) in [5, 5.41) is 0. The highest BCUT2D eigenvalue weighted by Crippen LogP contribution is 2.06. The van der Waals surface area contributed by atoms with Crippen LogP contribution in [-0.2, 0) is 19.2 Å². The van der Waals surface area contributed by atoms with Crippen molar-refractivity contribution in [1.82, 2.24) is 0 Å². The summed E-state index contributed by atoms with van der Waals surface area (Å²) in [6.45, 7) is 0.0900. The van der Waals surface area contributed by atoms with Crippen LogP contribution < -0.4 is 0 Å². The van der Waals surface area contributed by atoms with Gasteiger partial charge in [-0.1, -0.05) is 0 Å². The van der Waals surface area contributed by atoms with Crippen molar-refractivity contribution >= 4 is 6.16 Å². The van der Waals surface area contributed by atoms with E-state index in [1.807, 2.05) is 0 Å². The molecule has 5 heteroatoms. The Kier molecular flexibility index (Phi) is 1.86.